The van der Waals surface area contributed by atoms with Crippen molar-refractivity contribution >= 4 is 15.7 Å². The number of rotatable bonds is 6. The van der Waals surface area contributed by atoms with Gasteiger partial charge in [-0.25, -0.2) is 13.4 Å². The van der Waals surface area contributed by atoms with Gasteiger partial charge in [-0.2, -0.15) is 4.31 Å². The van der Waals surface area contributed by atoms with Crippen molar-refractivity contribution in [3.8, 4) is 0 Å². The van der Waals surface area contributed by atoms with E-state index in [9.17, 15) is 13.5 Å². The van der Waals surface area contributed by atoms with Gasteiger partial charge in [0, 0.05) is 26.3 Å². The maximum atomic E-state index is 12.7. The van der Waals surface area contributed by atoms with E-state index in [2.05, 4.69) is 10.3 Å². The Morgan fingerprint density at radius 3 is 2.71 bits per heavy atom. The molecule has 21 heavy (non-hydrogen) atoms. The van der Waals surface area contributed by atoms with Gasteiger partial charge in [0.2, 0.25) is 0 Å². The van der Waals surface area contributed by atoms with Gasteiger partial charge in [-0.1, -0.05) is 12.8 Å². The van der Waals surface area contributed by atoms with Crippen LogP contribution < -0.4 is 5.32 Å². The third kappa shape index (κ3) is 3.53. The molecule has 0 unspecified atom stereocenters. The normalized spacial score (nSPS) is 18.1. The van der Waals surface area contributed by atoms with Crippen LogP contribution >= 0.6 is 0 Å². The highest BCUT2D eigenvalue weighted by atomic mass is 32.2. The Bertz CT molecular complexity index is 583. The zero-order valence-corrected chi connectivity index (χ0v) is 13.4. The molecule has 0 saturated heterocycles. The third-order valence-electron chi connectivity index (χ3n) is 3.84. The first-order valence-corrected chi connectivity index (χ1v) is 8.71. The quantitative estimate of drug-likeness (QED) is 0.830. The van der Waals surface area contributed by atoms with Gasteiger partial charge in [-0.3, -0.25) is 0 Å². The van der Waals surface area contributed by atoms with Gasteiger partial charge in [-0.05, 0) is 31.9 Å². The van der Waals surface area contributed by atoms with Crippen LogP contribution in [0.15, 0.2) is 23.4 Å². The van der Waals surface area contributed by atoms with Crippen LogP contribution in [0.4, 0.5) is 5.69 Å². The summed E-state index contributed by atoms with van der Waals surface area (Å²) in [6.07, 6.45) is 4.64. The van der Waals surface area contributed by atoms with Crippen LogP contribution in [-0.4, -0.2) is 48.6 Å². The van der Waals surface area contributed by atoms with E-state index in [1.165, 1.54) is 17.5 Å². The standard InChI is InChI=1S/C14H23N3O3S/c1-3-15-12-7-6-10-16-13(12)21(19,20)17(2)11-14(18)8-4-5-9-14/h6-7,10,15,18H,3-5,8-9,11H2,1-2H3. The number of nitrogens with zero attached hydrogens (tertiary/aromatic N) is 2. The van der Waals surface area contributed by atoms with E-state index in [0.29, 0.717) is 25.1 Å². The maximum Gasteiger partial charge on any atom is 0.262 e. The number of sulfonamides is 1. The zero-order chi connectivity index (χ0) is 15.5. The van der Waals surface area contributed by atoms with Crippen molar-refractivity contribution < 1.29 is 13.5 Å². The smallest absolute Gasteiger partial charge is 0.262 e. The third-order valence-corrected chi connectivity index (χ3v) is 5.61. The molecular formula is C14H23N3O3S. The molecule has 1 aliphatic rings. The van der Waals surface area contributed by atoms with Crippen LogP contribution in [0.2, 0.25) is 0 Å². The number of hydrogen-bond donors (Lipinski definition) is 2. The Hall–Kier alpha value is -1.18. The van der Waals surface area contributed by atoms with E-state index < -0.39 is 15.6 Å². The molecule has 0 aromatic carbocycles. The lowest BCUT2D eigenvalue weighted by Crippen LogP contribution is -2.42. The molecule has 1 fully saturated rings. The van der Waals surface area contributed by atoms with E-state index in [1.807, 2.05) is 6.92 Å². The summed E-state index contributed by atoms with van der Waals surface area (Å²) in [5, 5.41) is 13.4. The number of hydrogen-bond acceptors (Lipinski definition) is 5. The lowest BCUT2D eigenvalue weighted by Gasteiger charge is -2.28. The fourth-order valence-electron chi connectivity index (χ4n) is 2.76. The predicted octanol–water partition coefficient (Wildman–Crippen LogP) is 1.44. The van der Waals surface area contributed by atoms with Crippen LogP contribution in [0.25, 0.3) is 0 Å². The highest BCUT2D eigenvalue weighted by molar-refractivity contribution is 7.89. The molecular weight excluding hydrogens is 290 g/mol. The molecule has 0 bridgehead atoms. The lowest BCUT2D eigenvalue weighted by molar-refractivity contribution is 0.0333. The summed E-state index contributed by atoms with van der Waals surface area (Å²) in [5.74, 6) is 0. The Morgan fingerprint density at radius 2 is 2.10 bits per heavy atom. The number of nitrogens with one attached hydrogen (secondary N) is 1. The molecule has 1 saturated carbocycles. The van der Waals surface area contributed by atoms with E-state index in [0.717, 1.165) is 12.8 Å². The zero-order valence-electron chi connectivity index (χ0n) is 12.5. The Labute approximate surface area is 126 Å². The van der Waals surface area contributed by atoms with E-state index >= 15 is 0 Å². The Balaban J connectivity index is 2.25. The largest absolute Gasteiger partial charge is 0.389 e. The van der Waals surface area contributed by atoms with E-state index in [-0.39, 0.29) is 11.6 Å². The van der Waals surface area contributed by atoms with Crippen molar-refractivity contribution in [2.45, 2.75) is 43.2 Å². The minimum absolute atomic E-state index is 0.0101. The number of pyridine rings is 1. The molecule has 2 rings (SSSR count). The van der Waals surface area contributed by atoms with Crippen molar-refractivity contribution in [1.29, 1.82) is 0 Å². The summed E-state index contributed by atoms with van der Waals surface area (Å²) in [4.78, 5) is 4.01. The SMILES string of the molecule is CCNc1cccnc1S(=O)(=O)N(C)CC1(O)CCCC1. The van der Waals surface area contributed by atoms with E-state index in [1.54, 1.807) is 12.1 Å². The average Bonchev–Trinajstić information content (AvgIpc) is 2.86. The van der Waals surface area contributed by atoms with Gasteiger partial charge in [0.15, 0.2) is 5.03 Å². The molecule has 6 nitrogen and oxygen atoms in total. The molecule has 0 amide bonds. The number of anilines is 1. The van der Waals surface area contributed by atoms with Crippen molar-refractivity contribution in [3.63, 3.8) is 0 Å². The molecule has 1 aliphatic carbocycles. The van der Waals surface area contributed by atoms with Gasteiger partial charge in [0.1, 0.15) is 0 Å². The summed E-state index contributed by atoms with van der Waals surface area (Å²) in [6, 6.07) is 3.39. The first-order chi connectivity index (χ1) is 9.89. The second kappa shape index (κ2) is 6.29. The second-order valence-corrected chi connectivity index (χ2v) is 7.54. The molecule has 7 heteroatoms. The molecule has 118 valence electrons. The lowest BCUT2D eigenvalue weighted by atomic mass is 10.0. The number of likely N-dealkylation sites (N-methyl/N-ethyl adjacent to an activating group) is 1. The van der Waals surface area contributed by atoms with Crippen molar-refractivity contribution in [3.05, 3.63) is 18.3 Å². The summed E-state index contributed by atoms with van der Waals surface area (Å²) < 4.78 is 26.6. The fourth-order valence-corrected chi connectivity index (χ4v) is 4.08. The number of aromatic nitrogens is 1. The molecule has 1 heterocycles. The molecule has 1 aromatic heterocycles. The summed E-state index contributed by atoms with van der Waals surface area (Å²) in [6.45, 7) is 2.62. The second-order valence-electron chi connectivity index (χ2n) is 5.58. The Kier molecular flexibility index (Phi) is 4.85. The van der Waals surface area contributed by atoms with Crippen LogP contribution in [-0.2, 0) is 10.0 Å². The van der Waals surface area contributed by atoms with Gasteiger partial charge < -0.3 is 10.4 Å². The van der Waals surface area contributed by atoms with Crippen molar-refractivity contribution in [2.75, 3.05) is 25.5 Å². The van der Waals surface area contributed by atoms with Crippen molar-refractivity contribution in [1.82, 2.24) is 9.29 Å². The van der Waals surface area contributed by atoms with Gasteiger partial charge in [0.05, 0.1) is 11.3 Å². The van der Waals surface area contributed by atoms with Crippen LogP contribution in [0.3, 0.4) is 0 Å². The fraction of sp³-hybridized carbons (Fsp3) is 0.643. The average molecular weight is 313 g/mol. The molecule has 0 radical (unpaired) electrons. The molecule has 0 atom stereocenters. The number of aliphatic hydroxyl groups is 1. The Morgan fingerprint density at radius 1 is 1.43 bits per heavy atom. The minimum atomic E-state index is -3.72. The van der Waals surface area contributed by atoms with E-state index in [4.69, 9.17) is 0 Å². The van der Waals surface area contributed by atoms with Crippen LogP contribution in [0.5, 0.6) is 0 Å². The maximum absolute atomic E-state index is 12.7. The van der Waals surface area contributed by atoms with Crippen LogP contribution in [0, 0.1) is 0 Å². The summed E-state index contributed by atoms with van der Waals surface area (Å²) in [7, 11) is -2.22. The summed E-state index contributed by atoms with van der Waals surface area (Å²) >= 11 is 0. The molecule has 0 aliphatic heterocycles. The molecule has 0 spiro atoms. The highest BCUT2D eigenvalue weighted by Gasteiger charge is 2.36. The minimum Gasteiger partial charge on any atom is -0.389 e. The monoisotopic (exact) mass is 313 g/mol. The molecule has 2 N–H and O–H groups in total. The van der Waals surface area contributed by atoms with Crippen LogP contribution in [0.1, 0.15) is 32.6 Å². The van der Waals surface area contributed by atoms with Gasteiger partial charge >= 0.3 is 0 Å². The highest BCUT2D eigenvalue weighted by Crippen LogP contribution is 2.31. The van der Waals surface area contributed by atoms with Gasteiger partial charge in [0.25, 0.3) is 10.0 Å². The molecule has 1 aromatic rings. The predicted molar refractivity (Wildman–Crippen MR) is 81.6 cm³/mol. The summed E-state index contributed by atoms with van der Waals surface area (Å²) in [5.41, 5.74) is -0.417. The topological polar surface area (TPSA) is 82.5 Å². The van der Waals surface area contributed by atoms with Crippen molar-refractivity contribution in [2.24, 2.45) is 0 Å². The van der Waals surface area contributed by atoms with Gasteiger partial charge in [-0.15, -0.1) is 0 Å². The first-order valence-electron chi connectivity index (χ1n) is 7.27. The first kappa shape index (κ1) is 16.2.